The van der Waals surface area contributed by atoms with Crippen molar-refractivity contribution in [3.05, 3.63) is 27.1 Å². The van der Waals surface area contributed by atoms with Gasteiger partial charge in [-0.2, -0.15) is 0 Å². The summed E-state index contributed by atoms with van der Waals surface area (Å²) in [5, 5.41) is 12.3. The highest BCUT2D eigenvalue weighted by Gasteiger charge is 2.08. The van der Waals surface area contributed by atoms with Gasteiger partial charge in [0.05, 0.1) is 4.92 Å². The molecule has 0 aromatic carbocycles. The molecule has 0 saturated carbocycles. The van der Waals surface area contributed by atoms with Crippen molar-refractivity contribution in [2.24, 2.45) is 5.73 Å². The summed E-state index contributed by atoms with van der Waals surface area (Å²) >= 11 is 1.17. The van der Waals surface area contributed by atoms with E-state index >= 15 is 0 Å². The molecule has 1 aromatic rings. The Balaban J connectivity index is 2.58. The second-order valence-corrected chi connectivity index (χ2v) is 3.33. The van der Waals surface area contributed by atoms with Crippen LogP contribution in [0.15, 0.2) is 11.4 Å². The van der Waals surface area contributed by atoms with Gasteiger partial charge in [0, 0.05) is 11.4 Å². The SMILES string of the molecule is NCCCc1csc([N+](=O)[O-])c1. The zero-order valence-electron chi connectivity index (χ0n) is 6.53. The standard InChI is InChI=1S/C7H10N2O2S/c8-3-1-2-6-4-7(9(10)11)12-5-6/h4-5H,1-3,8H2. The molecule has 1 aromatic heterocycles. The Kier molecular flexibility index (Phi) is 3.19. The number of rotatable bonds is 4. The molecular formula is C7H10N2O2S. The van der Waals surface area contributed by atoms with Gasteiger partial charge in [-0.15, -0.1) is 0 Å². The summed E-state index contributed by atoms with van der Waals surface area (Å²) in [7, 11) is 0. The minimum Gasteiger partial charge on any atom is -0.330 e. The molecule has 12 heavy (non-hydrogen) atoms. The van der Waals surface area contributed by atoms with Gasteiger partial charge in [0.15, 0.2) is 0 Å². The van der Waals surface area contributed by atoms with Crippen LogP contribution in [0.25, 0.3) is 0 Å². The molecule has 0 fully saturated rings. The summed E-state index contributed by atoms with van der Waals surface area (Å²) in [5.41, 5.74) is 6.32. The Bertz CT molecular complexity index is 272. The molecule has 0 bridgehead atoms. The van der Waals surface area contributed by atoms with E-state index < -0.39 is 0 Å². The van der Waals surface area contributed by atoms with Crippen molar-refractivity contribution in [1.29, 1.82) is 0 Å². The third-order valence-electron chi connectivity index (χ3n) is 1.49. The lowest BCUT2D eigenvalue weighted by Gasteiger charge is -1.90. The van der Waals surface area contributed by atoms with Crippen LogP contribution in [-0.2, 0) is 6.42 Å². The van der Waals surface area contributed by atoms with Crippen LogP contribution in [0.5, 0.6) is 0 Å². The Morgan fingerprint density at radius 3 is 2.92 bits per heavy atom. The molecule has 0 atom stereocenters. The molecule has 0 aliphatic heterocycles. The lowest BCUT2D eigenvalue weighted by molar-refractivity contribution is -0.380. The zero-order valence-corrected chi connectivity index (χ0v) is 7.34. The molecule has 2 N–H and O–H groups in total. The van der Waals surface area contributed by atoms with Gasteiger partial charge in [-0.25, -0.2) is 0 Å². The topological polar surface area (TPSA) is 69.2 Å². The van der Waals surface area contributed by atoms with E-state index in [0.717, 1.165) is 18.4 Å². The quantitative estimate of drug-likeness (QED) is 0.573. The average molecular weight is 186 g/mol. The van der Waals surface area contributed by atoms with Gasteiger partial charge in [0.1, 0.15) is 0 Å². The van der Waals surface area contributed by atoms with E-state index in [2.05, 4.69) is 0 Å². The van der Waals surface area contributed by atoms with Crippen molar-refractivity contribution in [1.82, 2.24) is 0 Å². The molecule has 5 heteroatoms. The third kappa shape index (κ3) is 2.28. The van der Waals surface area contributed by atoms with E-state index in [9.17, 15) is 10.1 Å². The molecule has 1 rings (SSSR count). The Morgan fingerprint density at radius 1 is 1.67 bits per heavy atom. The van der Waals surface area contributed by atoms with E-state index in [-0.39, 0.29) is 9.92 Å². The predicted octanol–water partition coefficient (Wildman–Crippen LogP) is 1.55. The summed E-state index contributed by atoms with van der Waals surface area (Å²) in [4.78, 5) is 9.91. The number of hydrogen-bond donors (Lipinski definition) is 1. The minimum atomic E-state index is -0.364. The van der Waals surface area contributed by atoms with Crippen LogP contribution >= 0.6 is 11.3 Å². The fraction of sp³-hybridized carbons (Fsp3) is 0.429. The monoisotopic (exact) mass is 186 g/mol. The highest BCUT2D eigenvalue weighted by Crippen LogP contribution is 2.23. The van der Waals surface area contributed by atoms with Crippen molar-refractivity contribution in [2.75, 3.05) is 6.54 Å². The smallest absolute Gasteiger partial charge is 0.324 e. The molecule has 1 heterocycles. The maximum atomic E-state index is 10.3. The molecule has 0 amide bonds. The number of nitrogens with zero attached hydrogens (tertiary/aromatic N) is 1. The summed E-state index contributed by atoms with van der Waals surface area (Å²) in [5.74, 6) is 0. The maximum absolute atomic E-state index is 10.3. The molecular weight excluding hydrogens is 176 g/mol. The van der Waals surface area contributed by atoms with Crippen molar-refractivity contribution in [2.45, 2.75) is 12.8 Å². The van der Waals surface area contributed by atoms with Crippen LogP contribution in [0, 0.1) is 10.1 Å². The Hall–Kier alpha value is -0.940. The minimum absolute atomic E-state index is 0.210. The number of aryl methyl sites for hydroxylation is 1. The van der Waals surface area contributed by atoms with Crippen molar-refractivity contribution < 1.29 is 4.92 Å². The molecule has 0 radical (unpaired) electrons. The van der Waals surface area contributed by atoms with Crippen molar-refractivity contribution in [3.8, 4) is 0 Å². The first-order valence-electron chi connectivity index (χ1n) is 3.66. The van der Waals surface area contributed by atoms with Gasteiger partial charge in [0.25, 0.3) is 0 Å². The van der Waals surface area contributed by atoms with E-state index in [1.807, 2.05) is 5.38 Å². The molecule has 4 nitrogen and oxygen atoms in total. The van der Waals surface area contributed by atoms with Crippen molar-refractivity contribution >= 4 is 16.3 Å². The second kappa shape index (κ2) is 4.18. The van der Waals surface area contributed by atoms with Crippen LogP contribution < -0.4 is 5.73 Å². The summed E-state index contributed by atoms with van der Waals surface area (Å²) in [6.07, 6.45) is 1.72. The van der Waals surface area contributed by atoms with E-state index in [0.29, 0.717) is 6.54 Å². The number of nitro groups is 1. The largest absolute Gasteiger partial charge is 0.330 e. The molecule has 66 valence electrons. The fourth-order valence-electron chi connectivity index (χ4n) is 0.896. The van der Waals surface area contributed by atoms with Crippen LogP contribution in [0.4, 0.5) is 5.00 Å². The molecule has 0 aliphatic carbocycles. The van der Waals surface area contributed by atoms with Crippen LogP contribution in [0.2, 0.25) is 0 Å². The number of nitrogens with two attached hydrogens (primary N) is 1. The molecule has 0 unspecified atom stereocenters. The number of hydrogen-bond acceptors (Lipinski definition) is 4. The second-order valence-electron chi connectivity index (χ2n) is 2.44. The summed E-state index contributed by atoms with van der Waals surface area (Å²) < 4.78 is 0. The predicted molar refractivity (Wildman–Crippen MR) is 48.3 cm³/mol. The first kappa shape index (κ1) is 9.15. The van der Waals surface area contributed by atoms with Crippen LogP contribution in [0.1, 0.15) is 12.0 Å². The van der Waals surface area contributed by atoms with Gasteiger partial charge in [0.2, 0.25) is 0 Å². The van der Waals surface area contributed by atoms with Crippen molar-refractivity contribution in [3.63, 3.8) is 0 Å². The maximum Gasteiger partial charge on any atom is 0.324 e. The highest BCUT2D eigenvalue weighted by atomic mass is 32.1. The molecule has 0 aliphatic rings. The summed E-state index contributed by atoms with van der Waals surface area (Å²) in [6, 6.07) is 1.61. The van der Waals surface area contributed by atoms with E-state index in [1.165, 1.54) is 11.3 Å². The third-order valence-corrected chi connectivity index (χ3v) is 2.42. The molecule has 0 spiro atoms. The van der Waals surface area contributed by atoms with Crippen LogP contribution in [0.3, 0.4) is 0 Å². The lowest BCUT2D eigenvalue weighted by atomic mass is 10.2. The Morgan fingerprint density at radius 2 is 2.42 bits per heavy atom. The van der Waals surface area contributed by atoms with Gasteiger partial charge in [-0.1, -0.05) is 11.3 Å². The van der Waals surface area contributed by atoms with Gasteiger partial charge in [-0.3, -0.25) is 10.1 Å². The zero-order chi connectivity index (χ0) is 8.97. The van der Waals surface area contributed by atoms with E-state index in [1.54, 1.807) is 6.07 Å². The average Bonchev–Trinajstić information content (AvgIpc) is 2.48. The van der Waals surface area contributed by atoms with Gasteiger partial charge >= 0.3 is 5.00 Å². The molecule has 0 saturated heterocycles. The fourth-order valence-corrected chi connectivity index (χ4v) is 1.66. The first-order valence-corrected chi connectivity index (χ1v) is 4.54. The van der Waals surface area contributed by atoms with E-state index in [4.69, 9.17) is 5.73 Å². The highest BCUT2D eigenvalue weighted by molar-refractivity contribution is 7.13. The van der Waals surface area contributed by atoms with Gasteiger partial charge < -0.3 is 5.73 Å². The normalized spacial score (nSPS) is 10.1. The van der Waals surface area contributed by atoms with Gasteiger partial charge in [-0.05, 0) is 24.9 Å². The lowest BCUT2D eigenvalue weighted by Crippen LogP contribution is -1.99. The first-order chi connectivity index (χ1) is 5.74. The summed E-state index contributed by atoms with van der Waals surface area (Å²) in [6.45, 7) is 0.629. The Labute approximate surface area is 74.2 Å². The van der Waals surface area contributed by atoms with Crippen LogP contribution in [-0.4, -0.2) is 11.5 Å². The number of thiophene rings is 1.